The molecular weight excluding hydrogens is 232 g/mol. The molecule has 0 radical (unpaired) electrons. The van der Waals surface area contributed by atoms with Gasteiger partial charge < -0.3 is 10.3 Å². The zero-order valence-electron chi connectivity index (χ0n) is 7.64. The second-order valence-electron chi connectivity index (χ2n) is 2.87. The maximum absolute atomic E-state index is 8.56. The third-order valence-electron chi connectivity index (χ3n) is 1.87. The van der Waals surface area contributed by atoms with Gasteiger partial charge in [0.15, 0.2) is 0 Å². The molecule has 15 heavy (non-hydrogen) atoms. The van der Waals surface area contributed by atoms with Crippen LogP contribution in [-0.4, -0.2) is 9.55 Å². The lowest BCUT2D eigenvalue weighted by Crippen LogP contribution is -2.00. The van der Waals surface area contributed by atoms with E-state index in [-0.39, 0.29) is 6.54 Å². The quantitative estimate of drug-likeness (QED) is 0.873. The molecule has 0 atom stereocenters. The first-order valence-corrected chi connectivity index (χ1v) is 5.35. The predicted molar refractivity (Wildman–Crippen MR) is 60.6 cm³/mol. The molecular formula is C9H7ClN4S. The van der Waals surface area contributed by atoms with Crippen molar-refractivity contribution in [2.24, 2.45) is 0 Å². The number of hydrogen-bond donors (Lipinski definition) is 1. The minimum absolute atomic E-state index is 0.206. The van der Waals surface area contributed by atoms with Gasteiger partial charge in [-0.1, -0.05) is 11.6 Å². The monoisotopic (exact) mass is 238 g/mol. The normalized spacial score (nSPS) is 10.1. The van der Waals surface area contributed by atoms with E-state index in [1.54, 1.807) is 16.8 Å². The van der Waals surface area contributed by atoms with Crippen molar-refractivity contribution in [2.75, 3.05) is 5.73 Å². The number of nitrogens with two attached hydrogens (primary N) is 1. The SMILES string of the molecule is N#CCn1cc(-c2ccc(Cl)s2)nc1N. The van der Waals surface area contributed by atoms with Gasteiger partial charge in [-0.2, -0.15) is 5.26 Å². The van der Waals surface area contributed by atoms with Gasteiger partial charge in [-0.3, -0.25) is 0 Å². The standard InChI is InChI=1S/C9H7ClN4S/c10-8-2-1-7(15-8)6-5-14(4-3-11)9(12)13-6/h1-2,5H,4H2,(H2,12,13). The molecule has 0 saturated carbocycles. The number of halogens is 1. The third-order valence-corrected chi connectivity index (χ3v) is 3.13. The summed E-state index contributed by atoms with van der Waals surface area (Å²) in [6.07, 6.45) is 1.75. The molecule has 0 aliphatic heterocycles. The van der Waals surface area contributed by atoms with E-state index in [4.69, 9.17) is 22.6 Å². The van der Waals surface area contributed by atoms with Crippen molar-refractivity contribution in [1.82, 2.24) is 9.55 Å². The molecule has 0 unspecified atom stereocenters. The van der Waals surface area contributed by atoms with Crippen LogP contribution in [0.1, 0.15) is 0 Å². The van der Waals surface area contributed by atoms with Gasteiger partial charge in [-0.25, -0.2) is 4.98 Å². The van der Waals surface area contributed by atoms with Crippen LogP contribution in [0.25, 0.3) is 10.6 Å². The lowest BCUT2D eigenvalue weighted by atomic mass is 10.4. The molecule has 2 rings (SSSR count). The summed E-state index contributed by atoms with van der Waals surface area (Å²) < 4.78 is 2.31. The smallest absolute Gasteiger partial charge is 0.201 e. The zero-order chi connectivity index (χ0) is 10.8. The summed E-state index contributed by atoms with van der Waals surface area (Å²) in [5.41, 5.74) is 6.39. The van der Waals surface area contributed by atoms with E-state index in [9.17, 15) is 0 Å². The van der Waals surface area contributed by atoms with Crippen LogP contribution in [0.4, 0.5) is 5.95 Å². The van der Waals surface area contributed by atoms with Crippen LogP contribution in [0, 0.1) is 11.3 Å². The lowest BCUT2D eigenvalue weighted by Gasteiger charge is -1.93. The summed E-state index contributed by atoms with van der Waals surface area (Å²) in [5.74, 6) is 0.344. The number of imidazole rings is 1. The Morgan fingerprint density at radius 2 is 2.40 bits per heavy atom. The molecule has 0 bridgehead atoms. The molecule has 0 aliphatic rings. The molecule has 76 valence electrons. The topological polar surface area (TPSA) is 67.6 Å². The molecule has 2 N–H and O–H groups in total. The fourth-order valence-corrected chi connectivity index (χ4v) is 2.20. The van der Waals surface area contributed by atoms with Gasteiger partial charge >= 0.3 is 0 Å². The maximum Gasteiger partial charge on any atom is 0.201 e. The summed E-state index contributed by atoms with van der Waals surface area (Å²) in [4.78, 5) is 5.10. The summed E-state index contributed by atoms with van der Waals surface area (Å²) in [7, 11) is 0. The van der Waals surface area contributed by atoms with E-state index in [1.165, 1.54) is 11.3 Å². The fraction of sp³-hybridized carbons (Fsp3) is 0.111. The van der Waals surface area contributed by atoms with E-state index in [0.717, 1.165) is 10.6 Å². The first kappa shape index (κ1) is 10.0. The average molecular weight is 239 g/mol. The zero-order valence-corrected chi connectivity index (χ0v) is 9.22. The highest BCUT2D eigenvalue weighted by Gasteiger charge is 2.08. The molecule has 0 spiro atoms. The molecule has 2 aromatic rings. The van der Waals surface area contributed by atoms with Crippen LogP contribution in [-0.2, 0) is 6.54 Å². The Labute approximate surface area is 95.5 Å². The van der Waals surface area contributed by atoms with Gasteiger partial charge in [0.2, 0.25) is 5.95 Å². The number of hydrogen-bond acceptors (Lipinski definition) is 4. The van der Waals surface area contributed by atoms with Crippen molar-refractivity contribution in [2.45, 2.75) is 6.54 Å². The van der Waals surface area contributed by atoms with Gasteiger partial charge in [0.1, 0.15) is 12.2 Å². The maximum atomic E-state index is 8.56. The second-order valence-corrected chi connectivity index (χ2v) is 4.59. The molecule has 2 heterocycles. The van der Waals surface area contributed by atoms with Gasteiger partial charge in [-0.15, -0.1) is 11.3 Å². The van der Waals surface area contributed by atoms with Crippen molar-refractivity contribution < 1.29 is 0 Å². The van der Waals surface area contributed by atoms with Crippen LogP contribution < -0.4 is 5.73 Å². The fourth-order valence-electron chi connectivity index (χ4n) is 1.20. The molecule has 0 amide bonds. The molecule has 4 nitrogen and oxygen atoms in total. The summed E-state index contributed by atoms with van der Waals surface area (Å²) in [5, 5.41) is 8.56. The minimum Gasteiger partial charge on any atom is -0.369 e. The van der Waals surface area contributed by atoms with E-state index in [1.807, 2.05) is 12.1 Å². The van der Waals surface area contributed by atoms with E-state index >= 15 is 0 Å². The Kier molecular flexibility index (Phi) is 2.62. The molecule has 0 aliphatic carbocycles. The summed E-state index contributed by atoms with van der Waals surface area (Å²) in [6.45, 7) is 0.206. The van der Waals surface area contributed by atoms with Crippen molar-refractivity contribution >= 4 is 28.9 Å². The number of nitrogen functional groups attached to an aromatic ring is 1. The predicted octanol–water partition coefficient (Wildman–Crippen LogP) is 2.37. The van der Waals surface area contributed by atoms with E-state index in [0.29, 0.717) is 10.3 Å². The highest BCUT2D eigenvalue weighted by Crippen LogP contribution is 2.30. The molecule has 6 heteroatoms. The molecule has 2 aromatic heterocycles. The Balaban J connectivity index is 2.38. The first-order valence-electron chi connectivity index (χ1n) is 4.16. The Bertz CT molecular complexity index is 522. The van der Waals surface area contributed by atoms with Crippen molar-refractivity contribution in [3.05, 3.63) is 22.7 Å². The van der Waals surface area contributed by atoms with Crippen molar-refractivity contribution in [3.8, 4) is 16.6 Å². The van der Waals surface area contributed by atoms with Crippen LogP contribution in [0.3, 0.4) is 0 Å². The Morgan fingerprint density at radius 1 is 1.60 bits per heavy atom. The van der Waals surface area contributed by atoms with Crippen molar-refractivity contribution in [3.63, 3.8) is 0 Å². The largest absolute Gasteiger partial charge is 0.369 e. The number of rotatable bonds is 2. The number of nitriles is 1. The average Bonchev–Trinajstić information content (AvgIpc) is 2.75. The molecule has 0 saturated heterocycles. The van der Waals surface area contributed by atoms with Gasteiger partial charge in [0.25, 0.3) is 0 Å². The van der Waals surface area contributed by atoms with Gasteiger partial charge in [-0.05, 0) is 12.1 Å². The van der Waals surface area contributed by atoms with Crippen molar-refractivity contribution in [1.29, 1.82) is 5.26 Å². The lowest BCUT2D eigenvalue weighted by molar-refractivity contribution is 0.845. The Hall–Kier alpha value is -1.51. The number of nitrogens with zero attached hydrogens (tertiary/aromatic N) is 3. The molecule has 0 aromatic carbocycles. The van der Waals surface area contributed by atoms with E-state index in [2.05, 4.69) is 4.98 Å². The van der Waals surface area contributed by atoms with E-state index < -0.39 is 0 Å². The summed E-state index contributed by atoms with van der Waals surface area (Å²) in [6, 6.07) is 5.70. The Morgan fingerprint density at radius 3 is 3.00 bits per heavy atom. The third kappa shape index (κ3) is 1.96. The van der Waals surface area contributed by atoms with Gasteiger partial charge in [0, 0.05) is 6.20 Å². The highest BCUT2D eigenvalue weighted by atomic mass is 35.5. The number of aromatic nitrogens is 2. The molecule has 0 fully saturated rings. The second kappa shape index (κ2) is 3.93. The van der Waals surface area contributed by atoms with Gasteiger partial charge in [0.05, 0.1) is 15.3 Å². The summed E-state index contributed by atoms with van der Waals surface area (Å²) >= 11 is 7.25. The van der Waals surface area contributed by atoms with Crippen LogP contribution >= 0.6 is 22.9 Å². The number of anilines is 1. The first-order chi connectivity index (χ1) is 7.20. The van der Waals surface area contributed by atoms with Crippen LogP contribution in [0.2, 0.25) is 4.34 Å². The highest BCUT2D eigenvalue weighted by molar-refractivity contribution is 7.19. The minimum atomic E-state index is 0.206. The van der Waals surface area contributed by atoms with Crippen LogP contribution in [0.5, 0.6) is 0 Å². The number of thiophene rings is 1. The van der Waals surface area contributed by atoms with Crippen LogP contribution in [0.15, 0.2) is 18.3 Å².